The molecule has 1 saturated heterocycles. The predicted molar refractivity (Wildman–Crippen MR) is 87.9 cm³/mol. The van der Waals surface area contributed by atoms with Gasteiger partial charge in [0.05, 0.1) is 16.9 Å². The lowest BCUT2D eigenvalue weighted by Gasteiger charge is -2.49. The van der Waals surface area contributed by atoms with E-state index in [9.17, 15) is 9.90 Å². The fraction of sp³-hybridized carbons (Fsp3) is 0.312. The van der Waals surface area contributed by atoms with Gasteiger partial charge >= 0.3 is 0 Å². The maximum Gasteiger partial charge on any atom is 0.264 e. The van der Waals surface area contributed by atoms with Crippen LogP contribution in [-0.4, -0.2) is 35.6 Å². The molecule has 0 bridgehead atoms. The minimum Gasteiger partial charge on any atom is -0.395 e. The van der Waals surface area contributed by atoms with E-state index in [2.05, 4.69) is 15.9 Å². The summed E-state index contributed by atoms with van der Waals surface area (Å²) >= 11 is 4.91. The molecule has 1 amide bonds. The quantitative estimate of drug-likeness (QED) is 0.906. The number of hydrogen-bond acceptors (Lipinski definition) is 3. The molecule has 2 heterocycles. The lowest BCUT2D eigenvalue weighted by Crippen LogP contribution is -2.63. The summed E-state index contributed by atoms with van der Waals surface area (Å²) in [6.07, 6.45) is 0. The number of nitrogens with zero attached hydrogens (tertiary/aromatic N) is 1. The third-order valence-corrected chi connectivity index (χ3v) is 6.33. The second kappa shape index (κ2) is 5.55. The van der Waals surface area contributed by atoms with Crippen LogP contribution in [-0.2, 0) is 5.41 Å². The molecule has 0 radical (unpaired) electrons. The molecule has 5 heteroatoms. The number of carbonyl (C=O) groups excluding carboxylic acids is 1. The average molecular weight is 366 g/mol. The molecule has 1 aromatic carbocycles. The standard InChI is InChI=1S/C16H16BrNO2S/c1-11-13(17)7-21-14(11)15(20)18-8-16(9-18,10-19)12-5-3-2-4-6-12/h2-7,19H,8-10H2,1H3. The lowest BCUT2D eigenvalue weighted by molar-refractivity contribution is 0.0182. The van der Waals surface area contributed by atoms with Crippen molar-refractivity contribution in [1.82, 2.24) is 4.90 Å². The second-order valence-electron chi connectivity index (χ2n) is 5.50. The summed E-state index contributed by atoms with van der Waals surface area (Å²) in [5.41, 5.74) is 1.78. The van der Waals surface area contributed by atoms with Gasteiger partial charge in [-0.2, -0.15) is 0 Å². The number of aliphatic hydroxyl groups is 1. The Bertz CT molecular complexity index is 662. The van der Waals surface area contributed by atoms with Crippen LogP contribution in [0.2, 0.25) is 0 Å². The van der Waals surface area contributed by atoms with Crippen LogP contribution in [0.3, 0.4) is 0 Å². The van der Waals surface area contributed by atoms with Crippen molar-refractivity contribution in [3.05, 3.63) is 56.2 Å². The van der Waals surface area contributed by atoms with E-state index in [4.69, 9.17) is 0 Å². The molecule has 0 unspecified atom stereocenters. The largest absolute Gasteiger partial charge is 0.395 e. The zero-order valence-electron chi connectivity index (χ0n) is 11.7. The Morgan fingerprint density at radius 3 is 2.57 bits per heavy atom. The van der Waals surface area contributed by atoms with E-state index in [1.807, 2.05) is 47.5 Å². The Balaban J connectivity index is 1.78. The SMILES string of the molecule is Cc1c(Br)csc1C(=O)N1CC(CO)(c2ccccc2)C1. The number of aliphatic hydroxyl groups excluding tert-OH is 1. The zero-order chi connectivity index (χ0) is 15.0. The van der Waals surface area contributed by atoms with Crippen molar-refractivity contribution in [3.8, 4) is 0 Å². The molecule has 1 N–H and O–H groups in total. The Kier molecular flexibility index (Phi) is 3.90. The van der Waals surface area contributed by atoms with E-state index in [-0.39, 0.29) is 17.9 Å². The van der Waals surface area contributed by atoms with Crippen LogP contribution < -0.4 is 0 Å². The fourth-order valence-electron chi connectivity index (χ4n) is 2.74. The minimum atomic E-state index is -0.306. The smallest absolute Gasteiger partial charge is 0.264 e. The van der Waals surface area contributed by atoms with E-state index >= 15 is 0 Å². The predicted octanol–water partition coefficient (Wildman–Crippen LogP) is 3.21. The van der Waals surface area contributed by atoms with E-state index in [0.717, 1.165) is 20.5 Å². The van der Waals surface area contributed by atoms with Crippen molar-refractivity contribution < 1.29 is 9.90 Å². The topological polar surface area (TPSA) is 40.5 Å². The minimum absolute atomic E-state index is 0.0585. The van der Waals surface area contributed by atoms with Gasteiger partial charge in [-0.05, 0) is 34.0 Å². The van der Waals surface area contributed by atoms with E-state index in [1.54, 1.807) is 0 Å². The molecular formula is C16H16BrNO2S. The molecule has 3 rings (SSSR count). The number of benzene rings is 1. The van der Waals surface area contributed by atoms with Crippen LogP contribution in [0, 0.1) is 6.92 Å². The lowest BCUT2D eigenvalue weighted by atomic mass is 9.74. The second-order valence-corrected chi connectivity index (χ2v) is 7.24. The number of halogens is 1. The van der Waals surface area contributed by atoms with Gasteiger partial charge in [0.15, 0.2) is 0 Å². The van der Waals surface area contributed by atoms with Crippen molar-refractivity contribution in [2.24, 2.45) is 0 Å². The van der Waals surface area contributed by atoms with Crippen LogP contribution in [0.5, 0.6) is 0 Å². The summed E-state index contributed by atoms with van der Waals surface area (Å²) in [6, 6.07) is 9.94. The Morgan fingerprint density at radius 1 is 1.38 bits per heavy atom. The first-order chi connectivity index (χ1) is 10.1. The summed E-state index contributed by atoms with van der Waals surface area (Å²) < 4.78 is 0.979. The van der Waals surface area contributed by atoms with Gasteiger partial charge in [-0.15, -0.1) is 11.3 Å². The number of thiophene rings is 1. The third-order valence-electron chi connectivity index (χ3n) is 4.14. The van der Waals surface area contributed by atoms with Gasteiger partial charge < -0.3 is 10.0 Å². The van der Waals surface area contributed by atoms with Crippen LogP contribution in [0.1, 0.15) is 20.8 Å². The van der Waals surface area contributed by atoms with Gasteiger partial charge in [-0.3, -0.25) is 4.79 Å². The maximum atomic E-state index is 12.5. The van der Waals surface area contributed by atoms with Gasteiger partial charge in [0.2, 0.25) is 0 Å². The molecule has 3 nitrogen and oxygen atoms in total. The molecule has 1 aromatic heterocycles. The highest BCUT2D eigenvalue weighted by Gasteiger charge is 2.46. The van der Waals surface area contributed by atoms with Gasteiger partial charge in [-0.25, -0.2) is 0 Å². The number of amides is 1. The summed E-state index contributed by atoms with van der Waals surface area (Å²) in [5.74, 6) is 0.0585. The van der Waals surface area contributed by atoms with E-state index in [0.29, 0.717) is 13.1 Å². The van der Waals surface area contributed by atoms with Crippen LogP contribution in [0.25, 0.3) is 0 Å². The monoisotopic (exact) mass is 365 g/mol. The summed E-state index contributed by atoms with van der Waals surface area (Å²) in [6.45, 7) is 3.15. The van der Waals surface area contributed by atoms with Crippen molar-refractivity contribution >= 4 is 33.2 Å². The Hall–Kier alpha value is -1.17. The Labute approximate surface area is 136 Å². The molecule has 0 atom stereocenters. The first-order valence-corrected chi connectivity index (χ1v) is 8.44. The van der Waals surface area contributed by atoms with Crippen molar-refractivity contribution in [2.45, 2.75) is 12.3 Å². The highest BCUT2D eigenvalue weighted by Crippen LogP contribution is 2.37. The maximum absolute atomic E-state index is 12.5. The van der Waals surface area contributed by atoms with Crippen molar-refractivity contribution in [3.63, 3.8) is 0 Å². The highest BCUT2D eigenvalue weighted by atomic mass is 79.9. The molecule has 110 valence electrons. The molecule has 1 aliphatic heterocycles. The number of hydrogen-bond donors (Lipinski definition) is 1. The Morgan fingerprint density at radius 2 is 2.05 bits per heavy atom. The first-order valence-electron chi connectivity index (χ1n) is 6.77. The summed E-state index contributed by atoms with van der Waals surface area (Å²) in [4.78, 5) is 15.1. The molecule has 2 aromatic rings. The van der Waals surface area contributed by atoms with E-state index in [1.165, 1.54) is 11.3 Å². The van der Waals surface area contributed by atoms with Gasteiger partial charge in [0.1, 0.15) is 0 Å². The highest BCUT2D eigenvalue weighted by molar-refractivity contribution is 9.10. The molecule has 0 saturated carbocycles. The summed E-state index contributed by atoms with van der Waals surface area (Å²) in [5, 5.41) is 11.7. The number of likely N-dealkylation sites (tertiary alicyclic amines) is 1. The third kappa shape index (κ3) is 2.43. The molecule has 21 heavy (non-hydrogen) atoms. The first kappa shape index (κ1) is 14.8. The van der Waals surface area contributed by atoms with Gasteiger partial charge in [0, 0.05) is 22.9 Å². The van der Waals surface area contributed by atoms with Crippen LogP contribution in [0.4, 0.5) is 0 Å². The van der Waals surface area contributed by atoms with Gasteiger partial charge in [0.25, 0.3) is 5.91 Å². The zero-order valence-corrected chi connectivity index (χ0v) is 14.1. The van der Waals surface area contributed by atoms with Crippen LogP contribution >= 0.6 is 27.3 Å². The number of rotatable bonds is 3. The van der Waals surface area contributed by atoms with Crippen LogP contribution in [0.15, 0.2) is 40.2 Å². The summed E-state index contributed by atoms with van der Waals surface area (Å²) in [7, 11) is 0. The fourth-order valence-corrected chi connectivity index (χ4v) is 4.27. The molecule has 0 spiro atoms. The molecule has 1 fully saturated rings. The van der Waals surface area contributed by atoms with Crippen molar-refractivity contribution in [1.29, 1.82) is 0 Å². The molecule has 1 aliphatic rings. The van der Waals surface area contributed by atoms with Crippen molar-refractivity contribution in [2.75, 3.05) is 19.7 Å². The normalized spacial score (nSPS) is 16.6. The number of carbonyl (C=O) groups is 1. The molecule has 0 aliphatic carbocycles. The van der Waals surface area contributed by atoms with E-state index < -0.39 is 0 Å². The average Bonchev–Trinajstić information content (AvgIpc) is 2.79. The molecular weight excluding hydrogens is 350 g/mol. The van der Waals surface area contributed by atoms with Gasteiger partial charge in [-0.1, -0.05) is 30.3 Å².